The van der Waals surface area contributed by atoms with Crippen LogP contribution in [0.5, 0.6) is 0 Å². The average Bonchev–Trinajstić information content (AvgIpc) is 2.26. The summed E-state index contributed by atoms with van der Waals surface area (Å²) < 4.78 is 41.9. The van der Waals surface area contributed by atoms with E-state index in [0.717, 1.165) is 12.1 Å². The second-order valence-corrected chi connectivity index (χ2v) is 3.79. The lowest BCUT2D eigenvalue weighted by Crippen LogP contribution is -2.24. The van der Waals surface area contributed by atoms with E-state index in [-0.39, 0.29) is 18.8 Å². The van der Waals surface area contributed by atoms with Crippen molar-refractivity contribution in [3.63, 3.8) is 0 Å². The van der Waals surface area contributed by atoms with E-state index in [1.807, 2.05) is 0 Å². The molecule has 0 saturated carbocycles. The Labute approximate surface area is 103 Å². The molecule has 0 radical (unpaired) electrons. The third-order valence-corrected chi connectivity index (χ3v) is 2.27. The molecular weight excluding hydrogens is 249 g/mol. The summed E-state index contributed by atoms with van der Waals surface area (Å²) in [5.41, 5.74) is 5.03. The van der Waals surface area contributed by atoms with E-state index in [9.17, 15) is 18.3 Å². The Morgan fingerprint density at radius 2 is 2.11 bits per heavy atom. The molecule has 0 spiro atoms. The van der Waals surface area contributed by atoms with Gasteiger partial charge in [0.25, 0.3) is 0 Å². The quantitative estimate of drug-likeness (QED) is 0.708. The Balaban J connectivity index is 2.69. The summed E-state index contributed by atoms with van der Waals surface area (Å²) in [4.78, 5) is 0. The van der Waals surface area contributed by atoms with Crippen molar-refractivity contribution in [2.24, 2.45) is 0 Å². The van der Waals surface area contributed by atoms with Crippen molar-refractivity contribution in [3.05, 3.63) is 23.8 Å². The number of methoxy groups -OCH3 is 1. The molecule has 1 aromatic rings. The van der Waals surface area contributed by atoms with Crippen molar-refractivity contribution in [2.75, 3.05) is 31.3 Å². The molecule has 0 saturated heterocycles. The summed E-state index contributed by atoms with van der Waals surface area (Å²) in [6.45, 7) is 0.275. The van der Waals surface area contributed by atoms with Crippen LogP contribution in [0.4, 0.5) is 24.5 Å². The number of ether oxygens (including phenoxy) is 1. The largest absolute Gasteiger partial charge is 0.416 e. The summed E-state index contributed by atoms with van der Waals surface area (Å²) in [6, 6.07) is 3.02. The van der Waals surface area contributed by atoms with E-state index in [0.29, 0.717) is 5.69 Å². The lowest BCUT2D eigenvalue weighted by molar-refractivity contribution is -0.137. The Morgan fingerprint density at radius 1 is 1.44 bits per heavy atom. The second kappa shape index (κ2) is 5.92. The van der Waals surface area contributed by atoms with Crippen LogP contribution in [0, 0.1) is 0 Å². The predicted molar refractivity (Wildman–Crippen MR) is 62.2 cm³/mol. The third kappa shape index (κ3) is 4.08. The first-order valence-corrected chi connectivity index (χ1v) is 5.22. The van der Waals surface area contributed by atoms with E-state index >= 15 is 0 Å². The Bertz CT molecular complexity index is 396. The maximum atomic E-state index is 12.4. The highest BCUT2D eigenvalue weighted by Crippen LogP contribution is 2.32. The molecule has 1 aromatic carbocycles. The summed E-state index contributed by atoms with van der Waals surface area (Å²) in [5, 5.41) is 12.1. The van der Waals surface area contributed by atoms with Crippen LogP contribution >= 0.6 is 0 Å². The van der Waals surface area contributed by atoms with Gasteiger partial charge in [-0.1, -0.05) is 0 Å². The predicted octanol–water partition coefficient (Wildman–Crippen LogP) is 1.71. The van der Waals surface area contributed by atoms with Crippen LogP contribution in [0.3, 0.4) is 0 Å². The zero-order valence-electron chi connectivity index (χ0n) is 9.79. The molecule has 0 fully saturated rings. The first-order valence-electron chi connectivity index (χ1n) is 5.22. The molecule has 0 bridgehead atoms. The molecular formula is C11H15F3N2O2. The second-order valence-electron chi connectivity index (χ2n) is 3.79. The summed E-state index contributed by atoms with van der Waals surface area (Å²) in [5.74, 6) is 0. The first-order chi connectivity index (χ1) is 8.34. The van der Waals surface area contributed by atoms with Gasteiger partial charge in [0, 0.05) is 13.7 Å². The molecule has 4 N–H and O–H groups in total. The number of aliphatic hydroxyl groups is 1. The van der Waals surface area contributed by atoms with Gasteiger partial charge in [0.15, 0.2) is 0 Å². The summed E-state index contributed by atoms with van der Waals surface area (Å²) in [7, 11) is 1.44. The number of nitrogens with two attached hydrogens (primary N) is 1. The molecule has 0 heterocycles. The molecule has 1 atom stereocenters. The van der Waals surface area contributed by atoms with Crippen molar-refractivity contribution in [3.8, 4) is 0 Å². The van der Waals surface area contributed by atoms with Crippen molar-refractivity contribution in [2.45, 2.75) is 12.3 Å². The van der Waals surface area contributed by atoms with E-state index < -0.39 is 17.8 Å². The number of nitrogens with one attached hydrogen (secondary N) is 1. The fourth-order valence-electron chi connectivity index (χ4n) is 1.38. The van der Waals surface area contributed by atoms with Crippen LogP contribution in [0.15, 0.2) is 18.2 Å². The van der Waals surface area contributed by atoms with Gasteiger partial charge in [-0.3, -0.25) is 0 Å². The number of hydrogen-bond acceptors (Lipinski definition) is 4. The molecule has 0 amide bonds. The molecule has 0 aliphatic rings. The monoisotopic (exact) mass is 264 g/mol. The normalized spacial score (nSPS) is 13.4. The SMILES string of the molecule is COCC(O)CNc1ccc(C(F)(F)F)cc1N. The van der Waals surface area contributed by atoms with Crippen LogP contribution in [-0.2, 0) is 10.9 Å². The maximum Gasteiger partial charge on any atom is 0.416 e. The van der Waals surface area contributed by atoms with E-state index in [1.165, 1.54) is 13.2 Å². The first kappa shape index (κ1) is 14.6. The minimum atomic E-state index is -4.41. The Hall–Kier alpha value is -1.47. The zero-order valence-corrected chi connectivity index (χ0v) is 9.79. The van der Waals surface area contributed by atoms with Crippen LogP contribution in [0.1, 0.15) is 5.56 Å². The number of aliphatic hydroxyl groups excluding tert-OH is 1. The van der Waals surface area contributed by atoms with Crippen molar-refractivity contribution in [1.29, 1.82) is 0 Å². The van der Waals surface area contributed by atoms with Gasteiger partial charge in [0.05, 0.1) is 29.6 Å². The molecule has 102 valence electrons. The fourth-order valence-corrected chi connectivity index (χ4v) is 1.38. The highest BCUT2D eigenvalue weighted by molar-refractivity contribution is 5.67. The van der Waals surface area contributed by atoms with Gasteiger partial charge in [-0.2, -0.15) is 13.2 Å². The van der Waals surface area contributed by atoms with E-state index in [1.54, 1.807) is 0 Å². The third-order valence-electron chi connectivity index (χ3n) is 2.27. The minimum Gasteiger partial charge on any atom is -0.397 e. The van der Waals surface area contributed by atoms with Gasteiger partial charge in [0.1, 0.15) is 0 Å². The average molecular weight is 264 g/mol. The molecule has 7 heteroatoms. The zero-order chi connectivity index (χ0) is 13.8. The molecule has 4 nitrogen and oxygen atoms in total. The van der Waals surface area contributed by atoms with Crippen LogP contribution in [-0.4, -0.2) is 31.5 Å². The Morgan fingerprint density at radius 3 is 2.61 bits per heavy atom. The maximum absolute atomic E-state index is 12.4. The topological polar surface area (TPSA) is 67.5 Å². The molecule has 1 unspecified atom stereocenters. The number of anilines is 2. The molecule has 0 aliphatic heterocycles. The van der Waals surface area contributed by atoms with E-state index in [4.69, 9.17) is 10.5 Å². The molecule has 18 heavy (non-hydrogen) atoms. The Kier molecular flexibility index (Phi) is 4.80. The van der Waals surface area contributed by atoms with Gasteiger partial charge in [0.2, 0.25) is 0 Å². The molecule has 1 rings (SSSR count). The summed E-state index contributed by atoms with van der Waals surface area (Å²) in [6.07, 6.45) is -5.17. The van der Waals surface area contributed by atoms with Gasteiger partial charge >= 0.3 is 6.18 Å². The van der Waals surface area contributed by atoms with Crippen molar-refractivity contribution >= 4 is 11.4 Å². The summed E-state index contributed by atoms with van der Waals surface area (Å²) >= 11 is 0. The van der Waals surface area contributed by atoms with Crippen molar-refractivity contribution in [1.82, 2.24) is 0 Å². The number of halogens is 3. The highest BCUT2D eigenvalue weighted by Gasteiger charge is 2.30. The lowest BCUT2D eigenvalue weighted by Gasteiger charge is -2.15. The standard InChI is InChI=1S/C11H15F3N2O2/c1-18-6-8(17)5-16-10-3-2-7(4-9(10)15)11(12,13)14/h2-4,8,16-17H,5-6,15H2,1H3. The molecule has 0 aromatic heterocycles. The van der Waals surface area contributed by atoms with Gasteiger partial charge in [-0.05, 0) is 18.2 Å². The number of rotatable bonds is 5. The smallest absolute Gasteiger partial charge is 0.397 e. The van der Waals surface area contributed by atoms with Crippen LogP contribution < -0.4 is 11.1 Å². The number of alkyl halides is 3. The fraction of sp³-hybridized carbons (Fsp3) is 0.455. The van der Waals surface area contributed by atoms with Crippen LogP contribution in [0.25, 0.3) is 0 Å². The number of nitrogen functional groups attached to an aromatic ring is 1. The van der Waals surface area contributed by atoms with Gasteiger partial charge < -0.3 is 20.9 Å². The van der Waals surface area contributed by atoms with E-state index in [2.05, 4.69) is 5.32 Å². The minimum absolute atomic E-state index is 0.0190. The highest BCUT2D eigenvalue weighted by atomic mass is 19.4. The lowest BCUT2D eigenvalue weighted by atomic mass is 10.1. The van der Waals surface area contributed by atoms with Gasteiger partial charge in [-0.15, -0.1) is 0 Å². The number of benzene rings is 1. The molecule has 0 aliphatic carbocycles. The van der Waals surface area contributed by atoms with Crippen LogP contribution in [0.2, 0.25) is 0 Å². The van der Waals surface area contributed by atoms with Crippen molar-refractivity contribution < 1.29 is 23.0 Å². The number of hydrogen-bond donors (Lipinski definition) is 3. The van der Waals surface area contributed by atoms with Gasteiger partial charge in [-0.25, -0.2) is 0 Å².